The molecule has 0 aliphatic heterocycles. The summed E-state index contributed by atoms with van der Waals surface area (Å²) in [4.78, 5) is 51.3. The first kappa shape index (κ1) is 37.7. The Kier molecular flexibility index (Phi) is 11.9. The molecule has 5 N–H and O–H groups in total. The Morgan fingerprint density at radius 1 is 0.706 bits per heavy atom. The Hall–Kier alpha value is -6.13. The Morgan fingerprint density at radius 2 is 1.27 bits per heavy atom. The number of hydrogen-bond acceptors (Lipinski definition) is 10. The fraction of sp³-hybridized carbons (Fsp3) is 0.0303. The quantitative estimate of drug-likeness (QED) is 0.126. The van der Waals surface area contributed by atoms with Crippen molar-refractivity contribution in [3.8, 4) is 34.2 Å². The number of nitrogen functional groups attached to an aromatic ring is 1. The number of carboxylic acids is 3. The maximum atomic E-state index is 12.6. The number of aromatic carboxylic acids is 3. The van der Waals surface area contributed by atoms with Gasteiger partial charge in [0, 0.05) is 17.3 Å². The molecule has 0 aromatic carbocycles. The molecular formula is C33H21F3N7O6RuS. The van der Waals surface area contributed by atoms with Crippen molar-refractivity contribution in [1.29, 1.82) is 0 Å². The van der Waals surface area contributed by atoms with Gasteiger partial charge in [0.15, 0.2) is 0 Å². The first-order chi connectivity index (χ1) is 23.8. The van der Waals surface area contributed by atoms with Gasteiger partial charge in [-0.3, -0.25) is 15.0 Å². The van der Waals surface area contributed by atoms with E-state index in [1.165, 1.54) is 60.1 Å². The van der Waals surface area contributed by atoms with Crippen molar-refractivity contribution in [3.05, 3.63) is 118 Å². The van der Waals surface area contributed by atoms with Crippen LogP contribution in [0.1, 0.15) is 47.3 Å². The summed E-state index contributed by atoms with van der Waals surface area (Å²) < 4.78 is 37.7. The first-order valence-electron chi connectivity index (χ1n) is 14.0. The average Bonchev–Trinajstić information content (AvgIpc) is 3.77. The van der Waals surface area contributed by atoms with Crippen LogP contribution < -0.4 is 10.8 Å². The van der Waals surface area contributed by atoms with E-state index in [0.717, 1.165) is 10.9 Å². The summed E-state index contributed by atoms with van der Waals surface area (Å²) in [5.74, 6) is -3.56. The second-order valence-electron chi connectivity index (χ2n) is 10.0. The van der Waals surface area contributed by atoms with E-state index >= 15 is 0 Å². The van der Waals surface area contributed by atoms with Crippen LogP contribution in [0.15, 0.2) is 85.2 Å². The first-order valence-corrected chi connectivity index (χ1v) is 14.8. The fourth-order valence-electron chi connectivity index (χ4n) is 4.19. The number of pyridine rings is 4. The Bertz CT molecular complexity index is 2180. The van der Waals surface area contributed by atoms with Gasteiger partial charge >= 0.3 is 43.6 Å². The van der Waals surface area contributed by atoms with Crippen molar-refractivity contribution in [2.24, 2.45) is 0 Å². The SMILES string of the molecule is Nc1ccc(/C=C/c2cccc(-c3cc(C(F)(F)F)n[n-]3)n2)s1.O=C(O)c1ccnc(-c2cc(C(=O)O)cc(-c3cc(C(=O)O)ccn3)n2)c1.[Ru+]. The van der Waals surface area contributed by atoms with Crippen molar-refractivity contribution in [2.45, 2.75) is 6.18 Å². The number of nitrogens with zero attached hydrogens (tertiary/aromatic N) is 6. The minimum atomic E-state index is -4.51. The number of alkyl halides is 3. The van der Waals surface area contributed by atoms with E-state index in [0.29, 0.717) is 16.4 Å². The zero-order chi connectivity index (χ0) is 36.0. The number of aromatic nitrogens is 6. The summed E-state index contributed by atoms with van der Waals surface area (Å²) >= 11 is 1.43. The van der Waals surface area contributed by atoms with Gasteiger partial charge in [0.2, 0.25) is 0 Å². The number of anilines is 1. The molecule has 0 amide bonds. The molecule has 259 valence electrons. The molecule has 1 radical (unpaired) electrons. The number of halogens is 3. The van der Waals surface area contributed by atoms with Gasteiger partial charge in [-0.05, 0) is 78.9 Å². The largest absolute Gasteiger partial charge is 1.00 e. The summed E-state index contributed by atoms with van der Waals surface area (Å²) in [6.07, 6.45) is 1.64. The molecule has 6 heterocycles. The van der Waals surface area contributed by atoms with Crippen molar-refractivity contribution in [1.82, 2.24) is 30.1 Å². The molecule has 0 spiro atoms. The molecule has 0 bridgehead atoms. The van der Waals surface area contributed by atoms with E-state index in [-0.39, 0.29) is 64.6 Å². The average molecular weight is 802 g/mol. The van der Waals surface area contributed by atoms with Crippen LogP contribution in [-0.4, -0.2) is 58.3 Å². The topological polar surface area (TPSA) is 216 Å². The minimum absolute atomic E-state index is 0. The predicted molar refractivity (Wildman–Crippen MR) is 175 cm³/mol. The predicted octanol–water partition coefficient (Wildman–Crippen LogP) is 6.23. The van der Waals surface area contributed by atoms with Crippen LogP contribution in [0.2, 0.25) is 0 Å². The number of carboxylic acid groups (broad SMARTS) is 3. The van der Waals surface area contributed by atoms with Gasteiger partial charge in [-0.1, -0.05) is 11.8 Å². The molecule has 0 fully saturated rings. The van der Waals surface area contributed by atoms with E-state index in [4.69, 9.17) is 15.9 Å². The van der Waals surface area contributed by atoms with Crippen LogP contribution in [0.4, 0.5) is 18.2 Å². The standard InChI is InChI=1S/C18H11N3O6.C15H10F3N4S.Ru/c22-16(23)9-1-3-19-12(5-9)14-7-11(18(26)27)8-15(21-14)13-6-10(17(24)25)2-4-20-13;16-15(17,18)13-8-12(21-22-13)11-3-1-2-9(20-11)4-5-10-6-7-14(19)23-10;/h1-8H,(H,22,23)(H,24,25)(H,26,27);1-8H,19H2;/q;-1;+1/b;5-4+;. The third-order valence-corrected chi connectivity index (χ3v) is 7.42. The van der Waals surface area contributed by atoms with Gasteiger partial charge in [-0.25, -0.2) is 19.4 Å². The number of rotatable bonds is 8. The molecule has 18 heteroatoms. The van der Waals surface area contributed by atoms with Crippen molar-refractivity contribution >= 4 is 46.4 Å². The smallest absolute Gasteiger partial charge is 0.573 e. The van der Waals surface area contributed by atoms with Crippen LogP contribution in [0, 0.1) is 0 Å². The van der Waals surface area contributed by atoms with Crippen LogP contribution in [0.5, 0.6) is 0 Å². The van der Waals surface area contributed by atoms with Gasteiger partial charge in [0.1, 0.15) is 5.69 Å². The van der Waals surface area contributed by atoms with Crippen LogP contribution in [-0.2, 0) is 25.7 Å². The molecule has 13 nitrogen and oxygen atoms in total. The van der Waals surface area contributed by atoms with Crippen molar-refractivity contribution in [3.63, 3.8) is 0 Å². The molecule has 0 aliphatic carbocycles. The summed E-state index contributed by atoms with van der Waals surface area (Å²) in [7, 11) is 0. The second-order valence-corrected chi connectivity index (χ2v) is 11.2. The molecule has 0 atom stereocenters. The molecule has 51 heavy (non-hydrogen) atoms. The van der Waals surface area contributed by atoms with Gasteiger partial charge in [-0.2, -0.15) is 13.2 Å². The molecular weight excluding hydrogens is 781 g/mol. The molecule has 6 rings (SSSR count). The Morgan fingerprint density at radius 3 is 1.76 bits per heavy atom. The summed E-state index contributed by atoms with van der Waals surface area (Å²) in [5, 5.41) is 35.0. The van der Waals surface area contributed by atoms with E-state index in [2.05, 4.69) is 30.1 Å². The number of thiophene rings is 1. The van der Waals surface area contributed by atoms with Crippen LogP contribution in [0.25, 0.3) is 46.3 Å². The maximum Gasteiger partial charge on any atom is 1.00 e. The molecule has 0 saturated heterocycles. The van der Waals surface area contributed by atoms with Gasteiger partial charge in [0.25, 0.3) is 0 Å². The Balaban J connectivity index is 0.000000227. The number of nitrogens with two attached hydrogens (primary N) is 1. The monoisotopic (exact) mass is 802 g/mol. The zero-order valence-electron chi connectivity index (χ0n) is 25.5. The maximum absolute atomic E-state index is 12.6. The summed E-state index contributed by atoms with van der Waals surface area (Å²) in [6.45, 7) is 0. The van der Waals surface area contributed by atoms with Gasteiger partial charge < -0.3 is 31.3 Å². The van der Waals surface area contributed by atoms with Gasteiger partial charge in [-0.15, -0.1) is 11.3 Å². The zero-order valence-corrected chi connectivity index (χ0v) is 28.0. The van der Waals surface area contributed by atoms with E-state index in [1.54, 1.807) is 30.3 Å². The van der Waals surface area contributed by atoms with E-state index in [9.17, 15) is 32.7 Å². The van der Waals surface area contributed by atoms with Crippen molar-refractivity contribution < 1.29 is 62.4 Å². The van der Waals surface area contributed by atoms with Crippen LogP contribution in [0.3, 0.4) is 0 Å². The van der Waals surface area contributed by atoms with E-state index < -0.39 is 29.8 Å². The molecule has 0 saturated carbocycles. The normalized spacial score (nSPS) is 11.0. The van der Waals surface area contributed by atoms with Crippen LogP contribution >= 0.6 is 11.3 Å². The molecule has 6 aromatic rings. The molecule has 0 aliphatic rings. The summed E-state index contributed by atoms with van der Waals surface area (Å²) in [6, 6.07) is 17.2. The molecule has 0 unspecified atom stereocenters. The number of hydrogen-bond donors (Lipinski definition) is 4. The Labute approximate surface area is 302 Å². The van der Waals surface area contributed by atoms with Gasteiger partial charge in [0.05, 0.1) is 55.9 Å². The molecule has 6 aromatic heterocycles. The number of carbonyl (C=O) groups is 3. The van der Waals surface area contributed by atoms with E-state index in [1.807, 2.05) is 12.1 Å². The fourth-order valence-corrected chi connectivity index (χ4v) is 4.88. The third kappa shape index (κ3) is 9.74. The summed E-state index contributed by atoms with van der Waals surface area (Å²) in [5.41, 5.74) is 6.02. The minimum Gasteiger partial charge on any atom is -0.573 e. The van der Waals surface area contributed by atoms with Crippen molar-refractivity contribution in [2.75, 3.05) is 5.73 Å². The second kappa shape index (κ2) is 16.1. The third-order valence-electron chi connectivity index (χ3n) is 6.54.